The van der Waals surface area contributed by atoms with Crippen molar-refractivity contribution in [2.24, 2.45) is 0 Å². The summed E-state index contributed by atoms with van der Waals surface area (Å²) in [6, 6.07) is 0. The highest BCUT2D eigenvalue weighted by atomic mass is 79.9. The van der Waals surface area contributed by atoms with Crippen LogP contribution in [0.5, 0.6) is 0 Å². The number of rotatable bonds is 4. The highest BCUT2D eigenvalue weighted by Crippen LogP contribution is 2.21. The Morgan fingerprint density at radius 1 is 1.25 bits per heavy atom. The molecule has 0 aliphatic heterocycles. The molecule has 94 valence electrons. The van der Waals surface area contributed by atoms with Crippen molar-refractivity contribution >= 4 is 35.1 Å². The Morgan fingerprint density at radius 3 is 1.69 bits per heavy atom. The fraction of sp³-hybridized carbons (Fsp3) is 0.800. The second kappa shape index (κ2) is 9.69. The predicted molar refractivity (Wildman–Crippen MR) is 69.5 cm³/mol. The normalized spacial score (nSPS) is 10.5. The van der Waals surface area contributed by atoms with Crippen molar-refractivity contribution in [1.82, 2.24) is 0 Å². The molecular weight excluding hydrogens is 275 g/mol. The number of alkyl halides is 1. The number of esters is 2. The Bertz CT molecular complexity index is 224. The van der Waals surface area contributed by atoms with E-state index in [1.807, 2.05) is 13.6 Å². The minimum Gasteiger partial charge on any atom is -0.465 e. The van der Waals surface area contributed by atoms with Gasteiger partial charge in [0.2, 0.25) is 4.32 Å². The van der Waals surface area contributed by atoms with Crippen molar-refractivity contribution in [3.63, 3.8) is 0 Å². The van der Waals surface area contributed by atoms with E-state index in [0.29, 0.717) is 0 Å². The summed E-state index contributed by atoms with van der Waals surface area (Å²) in [6.07, 6.45) is 0. The van der Waals surface area contributed by atoms with Crippen molar-refractivity contribution in [3.05, 3.63) is 0 Å². The van der Waals surface area contributed by atoms with Gasteiger partial charge < -0.3 is 9.47 Å². The molecule has 0 heterocycles. The van der Waals surface area contributed by atoms with E-state index in [2.05, 4.69) is 25.4 Å². The van der Waals surface area contributed by atoms with Gasteiger partial charge in [-0.05, 0) is 22.1 Å². The molecule has 0 fully saturated rings. The van der Waals surface area contributed by atoms with E-state index in [1.165, 1.54) is 6.92 Å². The maximum absolute atomic E-state index is 11.2. The second-order valence-electron chi connectivity index (χ2n) is 3.02. The highest BCUT2D eigenvalue weighted by molar-refractivity contribution is 9.10. The third-order valence-corrected chi connectivity index (χ3v) is 1.97. The monoisotopic (exact) mass is 295 g/mol. The summed E-state index contributed by atoms with van der Waals surface area (Å²) >= 11 is 2.97. The van der Waals surface area contributed by atoms with Gasteiger partial charge >= 0.3 is 11.9 Å². The van der Waals surface area contributed by atoms with Crippen molar-refractivity contribution in [2.45, 2.75) is 38.7 Å². The van der Waals surface area contributed by atoms with Crippen LogP contribution in [-0.2, 0) is 19.1 Å². The van der Waals surface area contributed by atoms with E-state index in [0.717, 1.165) is 0 Å². The van der Waals surface area contributed by atoms with Crippen LogP contribution >= 0.6 is 15.9 Å². The van der Waals surface area contributed by atoms with Crippen LogP contribution in [0.25, 0.3) is 0 Å². The highest BCUT2D eigenvalue weighted by Gasteiger charge is 2.41. The fourth-order valence-corrected chi connectivity index (χ4v) is 0.846. The third-order valence-electron chi connectivity index (χ3n) is 1.32. The molecule has 0 aromatic carbocycles. The third kappa shape index (κ3) is 6.88. The number of hydrogen-bond donors (Lipinski definition) is 0. The Hall–Kier alpha value is -0.515. The molecule has 0 rings (SSSR count). The second-order valence-corrected chi connectivity index (χ2v) is 4.61. The number of hydrogen-bond acceptors (Lipinski definition) is 4. The van der Waals surface area contributed by atoms with Crippen molar-refractivity contribution in [3.8, 4) is 0 Å². The molecule has 0 unspecified atom stereocenters. The average molecular weight is 296 g/mol. The molecule has 0 radical (unpaired) electrons. The van der Waals surface area contributed by atoms with Crippen LogP contribution in [0.4, 0.5) is 0 Å². The number of carbonyl (C=O) groups excluding carboxylic acids is 2. The Balaban J connectivity index is 0. The molecule has 0 bridgehead atoms. The topological polar surface area (TPSA) is 52.6 Å². The molecule has 0 spiro atoms. The lowest BCUT2D eigenvalue weighted by Crippen LogP contribution is -2.40. The van der Waals surface area contributed by atoms with Gasteiger partial charge in [0.1, 0.15) is 7.24 Å². The standard InChI is InChI=1S/C8H13BrO4.C2H7B/c1-4-12-6(10)8(3,9)7(11)13-5-2;1-3-2/h4-5H2,1-3H3;3H,1-2H3/i;3D. The first-order valence-corrected chi connectivity index (χ1v) is 5.94. The van der Waals surface area contributed by atoms with Crippen molar-refractivity contribution in [2.75, 3.05) is 13.2 Å². The van der Waals surface area contributed by atoms with Gasteiger partial charge in [0.15, 0.2) is 0 Å². The van der Waals surface area contributed by atoms with Crippen LogP contribution in [0.2, 0.25) is 13.6 Å². The summed E-state index contributed by atoms with van der Waals surface area (Å²) in [7, 11) is 0.0833. The van der Waals surface area contributed by atoms with E-state index in [-0.39, 0.29) is 20.5 Å². The van der Waals surface area contributed by atoms with Gasteiger partial charge in [-0.25, -0.2) is 9.59 Å². The molecule has 0 aliphatic rings. The van der Waals surface area contributed by atoms with Crippen LogP contribution in [-0.4, -0.2) is 38.1 Å². The minimum absolute atomic E-state index is 0.0833. The summed E-state index contributed by atoms with van der Waals surface area (Å²) < 4.78 is 14.6. The van der Waals surface area contributed by atoms with Gasteiger partial charge in [0.25, 0.3) is 0 Å². The molecule has 0 aromatic heterocycles. The van der Waals surface area contributed by atoms with E-state index in [1.54, 1.807) is 13.8 Å². The first kappa shape index (κ1) is 15.5. The maximum Gasteiger partial charge on any atom is 0.334 e. The smallest absolute Gasteiger partial charge is 0.334 e. The van der Waals surface area contributed by atoms with Gasteiger partial charge in [0, 0.05) is 0 Å². The number of ether oxygens (including phenoxy) is 2. The van der Waals surface area contributed by atoms with Crippen LogP contribution in [0.15, 0.2) is 0 Å². The van der Waals surface area contributed by atoms with Gasteiger partial charge in [-0.2, -0.15) is 0 Å². The zero-order valence-electron chi connectivity index (χ0n) is 11.5. The molecule has 0 saturated carbocycles. The molecule has 4 nitrogen and oxygen atoms in total. The zero-order chi connectivity index (χ0) is 14.1. The molecular formula is C10H20BBrO4. The lowest BCUT2D eigenvalue weighted by atomic mass is 9.88. The molecule has 0 atom stereocenters. The average Bonchev–Trinajstić information content (AvgIpc) is 2.17. The van der Waals surface area contributed by atoms with Crippen LogP contribution < -0.4 is 0 Å². The van der Waals surface area contributed by atoms with Gasteiger partial charge in [0.05, 0.1) is 13.2 Å². The summed E-state index contributed by atoms with van der Waals surface area (Å²) in [5.74, 6) is -1.26. The number of halogens is 1. The minimum atomic E-state index is -1.39. The first-order chi connectivity index (χ1) is 7.69. The maximum atomic E-state index is 11.2. The largest absolute Gasteiger partial charge is 0.465 e. The molecule has 0 N–H and O–H groups in total. The molecule has 0 amide bonds. The molecule has 0 aliphatic carbocycles. The quantitative estimate of drug-likeness (QED) is 0.343. The molecule has 6 heteroatoms. The van der Waals surface area contributed by atoms with Crippen molar-refractivity contribution < 1.29 is 19.1 Å². The van der Waals surface area contributed by atoms with Gasteiger partial charge in [-0.15, -0.1) is 0 Å². The van der Waals surface area contributed by atoms with E-state index < -0.39 is 16.3 Å². The Morgan fingerprint density at radius 2 is 1.50 bits per heavy atom. The summed E-state index contributed by atoms with van der Waals surface area (Å²) in [5.41, 5.74) is 0. The zero-order valence-corrected chi connectivity index (χ0v) is 12.1. The Labute approximate surface area is 108 Å². The van der Waals surface area contributed by atoms with E-state index in [4.69, 9.17) is 1.34 Å². The lowest BCUT2D eigenvalue weighted by Gasteiger charge is -2.17. The molecule has 0 saturated heterocycles. The number of carbonyl (C=O) groups is 2. The van der Waals surface area contributed by atoms with Crippen LogP contribution in [0, 0.1) is 0 Å². The fourth-order valence-electron chi connectivity index (χ4n) is 0.617. The van der Waals surface area contributed by atoms with Crippen LogP contribution in [0.1, 0.15) is 20.8 Å². The first-order valence-electron chi connectivity index (χ1n) is 5.73. The van der Waals surface area contributed by atoms with Gasteiger partial charge in [-0.1, -0.05) is 29.6 Å². The summed E-state index contributed by atoms with van der Waals surface area (Å²) in [6.45, 7) is 8.89. The lowest BCUT2D eigenvalue weighted by molar-refractivity contribution is -0.157. The summed E-state index contributed by atoms with van der Waals surface area (Å²) in [4.78, 5) is 22.4. The predicted octanol–water partition coefficient (Wildman–Crippen LogP) is 1.79. The molecule has 16 heavy (non-hydrogen) atoms. The van der Waals surface area contributed by atoms with Crippen LogP contribution in [0.3, 0.4) is 0 Å². The van der Waals surface area contributed by atoms with Crippen molar-refractivity contribution in [1.29, 1.82) is 1.34 Å². The van der Waals surface area contributed by atoms with Gasteiger partial charge in [-0.3, -0.25) is 0 Å². The molecule has 0 aromatic rings. The van der Waals surface area contributed by atoms with E-state index in [9.17, 15) is 9.59 Å². The Kier molecular flexibility index (Phi) is 9.38. The SMILES string of the molecule is CCOC(=O)C(C)(Br)C(=O)OCC.[2H]B(C)C. The van der Waals surface area contributed by atoms with E-state index >= 15 is 0 Å². The summed E-state index contributed by atoms with van der Waals surface area (Å²) in [5, 5.41) is 0.